The van der Waals surface area contributed by atoms with E-state index in [4.69, 9.17) is 10.5 Å². The Morgan fingerprint density at radius 2 is 1.34 bits per heavy atom. The smallest absolute Gasteiger partial charge is 0.407 e. The highest BCUT2D eigenvalue weighted by molar-refractivity contribution is 6.50. The number of nitrogens with two attached hydrogens (primary N) is 1. The number of imide groups is 1. The van der Waals surface area contributed by atoms with Crippen LogP contribution < -0.4 is 16.4 Å². The Morgan fingerprint density at radius 3 is 1.98 bits per heavy atom. The van der Waals surface area contributed by atoms with Crippen molar-refractivity contribution in [2.45, 2.75) is 31.0 Å². The maximum atomic E-state index is 13.4. The summed E-state index contributed by atoms with van der Waals surface area (Å²) in [5.74, 6) is -1.66. The average Bonchev–Trinajstić information content (AvgIpc) is 3.90. The molecule has 0 saturated carbocycles. The number of ether oxygens (including phenoxy) is 1. The van der Waals surface area contributed by atoms with E-state index >= 15 is 0 Å². The van der Waals surface area contributed by atoms with E-state index in [-0.39, 0.29) is 31.1 Å². The molecule has 3 heterocycles. The minimum atomic E-state index is -1.26. The first-order chi connectivity index (χ1) is 25.7. The highest BCUT2D eigenvalue weighted by atomic mass is 16.5. The molecule has 3 amide bonds. The van der Waals surface area contributed by atoms with Gasteiger partial charge in [-0.15, -0.1) is 0 Å². The molecule has 4 aromatic carbocycles. The number of aliphatic hydroxyl groups excluding tert-OH is 1. The molecule has 0 saturated heterocycles. The van der Waals surface area contributed by atoms with Crippen LogP contribution in [0.25, 0.3) is 44.1 Å². The van der Waals surface area contributed by atoms with Crippen molar-refractivity contribution in [2.75, 3.05) is 13.2 Å². The van der Waals surface area contributed by atoms with Crippen LogP contribution in [-0.2, 0) is 32.7 Å². The van der Waals surface area contributed by atoms with Gasteiger partial charge in [0.1, 0.15) is 12.6 Å². The predicted molar refractivity (Wildman–Crippen MR) is 201 cm³/mol. The number of aromatic nitrogens is 2. The Bertz CT molecular complexity index is 2450. The van der Waals surface area contributed by atoms with Crippen molar-refractivity contribution < 1.29 is 29.0 Å². The molecule has 11 heteroatoms. The Balaban J connectivity index is 0.981. The molecule has 5 N–H and O–H groups in total. The first-order valence-electron chi connectivity index (χ1n) is 17.5. The second kappa shape index (κ2) is 13.7. The number of para-hydroxylation sites is 2. The Kier molecular flexibility index (Phi) is 8.73. The summed E-state index contributed by atoms with van der Waals surface area (Å²) in [7, 11) is 1.89. The summed E-state index contributed by atoms with van der Waals surface area (Å²) in [6, 6.07) is 28.9. The molecule has 2 atom stereocenters. The van der Waals surface area contributed by atoms with E-state index in [0.717, 1.165) is 44.1 Å². The zero-order chi connectivity index (χ0) is 36.8. The number of fused-ring (bicyclic) bond motifs is 5. The first kappa shape index (κ1) is 33.8. The molecule has 2 aliphatic rings. The first-order valence-corrected chi connectivity index (χ1v) is 17.5. The summed E-state index contributed by atoms with van der Waals surface area (Å²) in [6.07, 6.45) is 3.00. The van der Waals surface area contributed by atoms with E-state index in [0.29, 0.717) is 16.7 Å². The van der Waals surface area contributed by atoms with E-state index in [9.17, 15) is 24.3 Å². The van der Waals surface area contributed by atoms with Gasteiger partial charge in [-0.25, -0.2) is 4.79 Å². The summed E-state index contributed by atoms with van der Waals surface area (Å²) in [4.78, 5) is 53.1. The minimum absolute atomic E-state index is 0.0591. The van der Waals surface area contributed by atoms with Crippen LogP contribution in [0.4, 0.5) is 4.79 Å². The normalized spacial score (nSPS) is 15.1. The topological polar surface area (TPSA) is 158 Å². The average molecular weight is 708 g/mol. The lowest BCUT2D eigenvalue weighted by Gasteiger charge is -2.20. The van der Waals surface area contributed by atoms with Crippen LogP contribution in [0, 0.1) is 0 Å². The molecule has 53 heavy (non-hydrogen) atoms. The van der Waals surface area contributed by atoms with E-state index in [2.05, 4.69) is 10.6 Å². The van der Waals surface area contributed by atoms with Crippen LogP contribution in [0.2, 0.25) is 0 Å². The van der Waals surface area contributed by atoms with Gasteiger partial charge in [0, 0.05) is 64.8 Å². The third kappa shape index (κ3) is 5.89. The lowest BCUT2D eigenvalue weighted by Crippen LogP contribution is -2.50. The highest BCUT2D eigenvalue weighted by Gasteiger charge is 2.36. The lowest BCUT2D eigenvalue weighted by molar-refractivity contribution is -0.124. The largest absolute Gasteiger partial charge is 0.449 e. The number of hydrogen-bond acceptors (Lipinski definition) is 7. The molecule has 1 aliphatic carbocycles. The van der Waals surface area contributed by atoms with E-state index in [1.807, 2.05) is 119 Å². The quantitative estimate of drug-likeness (QED) is 0.140. The molecule has 11 nitrogen and oxygen atoms in total. The Morgan fingerprint density at radius 1 is 0.792 bits per heavy atom. The number of nitrogens with zero attached hydrogens (tertiary/aromatic N) is 2. The fourth-order valence-electron chi connectivity index (χ4n) is 7.81. The van der Waals surface area contributed by atoms with E-state index in [1.165, 1.54) is 0 Å². The van der Waals surface area contributed by atoms with Gasteiger partial charge >= 0.3 is 6.09 Å². The number of aryl methyl sites for hydroxylation is 2. The predicted octanol–water partition coefficient (Wildman–Crippen LogP) is 4.89. The zero-order valence-corrected chi connectivity index (χ0v) is 28.9. The van der Waals surface area contributed by atoms with Crippen LogP contribution in [0.1, 0.15) is 34.6 Å². The van der Waals surface area contributed by atoms with Gasteiger partial charge in [0.2, 0.25) is 0 Å². The Hall–Kier alpha value is -6.30. The van der Waals surface area contributed by atoms with Crippen molar-refractivity contribution in [3.05, 3.63) is 132 Å². The van der Waals surface area contributed by atoms with Gasteiger partial charge in [-0.3, -0.25) is 19.7 Å². The number of aliphatic hydroxyl groups is 1. The molecule has 1 unspecified atom stereocenters. The number of carbonyl (C=O) groups excluding carboxylic acids is 4. The summed E-state index contributed by atoms with van der Waals surface area (Å²) in [6.45, 7) is -0.311. The molecular formula is C42H37N5O6. The van der Waals surface area contributed by atoms with Crippen molar-refractivity contribution in [1.29, 1.82) is 0 Å². The number of nitrogens with one attached hydrogen (secondary N) is 2. The molecule has 0 bridgehead atoms. The molecule has 266 valence electrons. The second-order valence-corrected chi connectivity index (χ2v) is 13.5. The number of benzene rings is 4. The molecule has 2 aromatic heterocycles. The van der Waals surface area contributed by atoms with Crippen molar-refractivity contribution in [3.63, 3.8) is 0 Å². The molecule has 0 spiro atoms. The molecule has 8 rings (SSSR count). The SMILES string of the molecule is Cn1cc(C2=C(c3cn(CCC(N)C(=O)[C@H](CO)NC(=O)OCC4c5ccccc5-c5ccccc54)c4ccccc34)C(=O)NC2=O)c2ccccc21. The van der Waals surface area contributed by atoms with Gasteiger partial charge in [0.05, 0.1) is 23.8 Å². The summed E-state index contributed by atoms with van der Waals surface area (Å²) >= 11 is 0. The maximum absolute atomic E-state index is 13.4. The molecule has 0 fully saturated rings. The third-order valence-corrected chi connectivity index (χ3v) is 10.4. The van der Waals surface area contributed by atoms with Gasteiger partial charge < -0.3 is 30.0 Å². The third-order valence-electron chi connectivity index (χ3n) is 10.4. The van der Waals surface area contributed by atoms with E-state index < -0.39 is 42.4 Å². The van der Waals surface area contributed by atoms with Crippen LogP contribution >= 0.6 is 0 Å². The van der Waals surface area contributed by atoms with E-state index in [1.54, 1.807) is 6.20 Å². The number of rotatable bonds is 11. The standard InChI is InChI=1S/C42H37N5O6/c1-46-20-30(28-14-6-8-16-35(28)46)37-38(41(51)45-40(37)50)31-21-47(36-17-9-7-15-29(31)36)19-18-33(43)39(49)34(22-48)44-42(52)53-23-32-26-12-4-2-10-24(26)25-11-3-5-13-27(25)32/h2-17,20-21,32-34,48H,18-19,22-23,43H2,1H3,(H,44,52)(H,45,50,51)/t33?,34-/m0/s1. The highest BCUT2D eigenvalue weighted by Crippen LogP contribution is 2.44. The summed E-state index contributed by atoms with van der Waals surface area (Å²) in [5.41, 5.74) is 14.2. The Labute approximate surface area is 304 Å². The molecule has 0 radical (unpaired) electrons. The van der Waals surface area contributed by atoms with Gasteiger partial charge in [0.25, 0.3) is 11.8 Å². The van der Waals surface area contributed by atoms with Gasteiger partial charge in [-0.05, 0) is 40.8 Å². The number of hydrogen-bond donors (Lipinski definition) is 4. The van der Waals surface area contributed by atoms with Crippen LogP contribution in [0.5, 0.6) is 0 Å². The van der Waals surface area contributed by atoms with Crippen LogP contribution in [0.3, 0.4) is 0 Å². The number of Topliss-reactive ketones (excluding diaryl/α,β-unsaturated/α-hetero) is 1. The van der Waals surface area contributed by atoms with Gasteiger partial charge in [0.15, 0.2) is 5.78 Å². The number of carbonyl (C=O) groups is 4. The second-order valence-electron chi connectivity index (χ2n) is 13.5. The lowest BCUT2D eigenvalue weighted by atomic mass is 9.95. The zero-order valence-electron chi connectivity index (χ0n) is 28.9. The van der Waals surface area contributed by atoms with Crippen molar-refractivity contribution in [3.8, 4) is 11.1 Å². The van der Waals surface area contributed by atoms with Gasteiger partial charge in [-0.1, -0.05) is 84.9 Å². The minimum Gasteiger partial charge on any atom is -0.449 e. The number of ketones is 1. The summed E-state index contributed by atoms with van der Waals surface area (Å²) < 4.78 is 9.42. The van der Waals surface area contributed by atoms with Crippen molar-refractivity contribution in [2.24, 2.45) is 12.8 Å². The van der Waals surface area contributed by atoms with Crippen LogP contribution in [0.15, 0.2) is 109 Å². The summed E-state index contributed by atoms with van der Waals surface area (Å²) in [5, 5.41) is 16.7. The molecule has 1 aliphatic heterocycles. The van der Waals surface area contributed by atoms with Crippen LogP contribution in [-0.4, -0.2) is 63.2 Å². The molecule has 6 aromatic rings. The maximum Gasteiger partial charge on any atom is 0.407 e. The number of amides is 3. The number of alkyl carbamates (subject to hydrolysis) is 1. The van der Waals surface area contributed by atoms with Crippen molar-refractivity contribution >= 4 is 56.6 Å². The fourth-order valence-corrected chi connectivity index (χ4v) is 7.81. The molecular weight excluding hydrogens is 670 g/mol. The fraction of sp³-hybridized carbons (Fsp3) is 0.190. The van der Waals surface area contributed by atoms with Gasteiger partial charge in [-0.2, -0.15) is 0 Å². The van der Waals surface area contributed by atoms with Crippen molar-refractivity contribution in [1.82, 2.24) is 19.8 Å². The monoisotopic (exact) mass is 707 g/mol.